The van der Waals surface area contributed by atoms with E-state index in [2.05, 4.69) is 26.7 Å². The second kappa shape index (κ2) is 7.87. The zero-order valence-corrected chi connectivity index (χ0v) is 15.5. The van der Waals surface area contributed by atoms with Gasteiger partial charge in [0.1, 0.15) is 5.82 Å². The summed E-state index contributed by atoms with van der Waals surface area (Å²) in [6.07, 6.45) is 3.60. The first-order valence-electron chi connectivity index (χ1n) is 9.19. The van der Waals surface area contributed by atoms with Crippen LogP contribution in [0.5, 0.6) is 0 Å². The first-order chi connectivity index (χ1) is 12.1. The van der Waals surface area contributed by atoms with E-state index in [-0.39, 0.29) is 6.03 Å². The molecule has 1 fully saturated rings. The van der Waals surface area contributed by atoms with Crippen molar-refractivity contribution in [1.82, 2.24) is 24.7 Å². The molecular weight excluding hydrogens is 314 g/mol. The summed E-state index contributed by atoms with van der Waals surface area (Å²) < 4.78 is 2.05. The van der Waals surface area contributed by atoms with E-state index in [9.17, 15) is 4.79 Å². The number of carbonyl (C=O) groups is 1. The Morgan fingerprint density at radius 3 is 2.76 bits per heavy atom. The maximum absolute atomic E-state index is 12.3. The second-order valence-electron chi connectivity index (χ2n) is 7.04. The van der Waals surface area contributed by atoms with Crippen molar-refractivity contribution in [3.05, 3.63) is 30.1 Å². The lowest BCUT2D eigenvalue weighted by Crippen LogP contribution is -2.40. The van der Waals surface area contributed by atoms with Gasteiger partial charge in [-0.1, -0.05) is 12.1 Å². The Morgan fingerprint density at radius 2 is 2.04 bits per heavy atom. The number of fused-ring (bicyclic) bond motifs is 1. The Balaban J connectivity index is 1.49. The third kappa shape index (κ3) is 4.12. The third-order valence-corrected chi connectivity index (χ3v) is 5.21. The van der Waals surface area contributed by atoms with Crippen LogP contribution in [-0.2, 0) is 13.6 Å². The molecule has 6 heteroatoms. The fourth-order valence-electron chi connectivity index (χ4n) is 3.51. The van der Waals surface area contributed by atoms with Gasteiger partial charge in [-0.3, -0.25) is 0 Å². The number of aryl methyl sites for hydroxylation is 1. The topological polar surface area (TPSA) is 53.4 Å². The lowest BCUT2D eigenvalue weighted by molar-refractivity contribution is 0.201. The van der Waals surface area contributed by atoms with Gasteiger partial charge in [0.25, 0.3) is 0 Å². The lowest BCUT2D eigenvalue weighted by Gasteiger charge is -2.24. The molecule has 0 radical (unpaired) electrons. The van der Waals surface area contributed by atoms with E-state index >= 15 is 0 Å². The normalized spacial score (nSPS) is 16.3. The first kappa shape index (κ1) is 17.7. The fourth-order valence-corrected chi connectivity index (χ4v) is 3.51. The van der Waals surface area contributed by atoms with Crippen LogP contribution in [0.1, 0.15) is 32.0 Å². The van der Waals surface area contributed by atoms with Crippen LogP contribution >= 0.6 is 0 Å². The van der Waals surface area contributed by atoms with E-state index < -0.39 is 0 Å². The molecule has 1 aliphatic heterocycles. The zero-order valence-electron chi connectivity index (χ0n) is 15.5. The summed E-state index contributed by atoms with van der Waals surface area (Å²) in [5, 5.41) is 3.03. The molecule has 136 valence electrons. The van der Waals surface area contributed by atoms with Crippen molar-refractivity contribution in [2.24, 2.45) is 7.05 Å². The van der Waals surface area contributed by atoms with Crippen molar-refractivity contribution in [2.75, 3.05) is 26.7 Å². The van der Waals surface area contributed by atoms with Crippen molar-refractivity contribution >= 4 is 17.1 Å². The Bertz CT molecular complexity index is 720. The number of aromatic nitrogens is 2. The molecule has 0 aliphatic carbocycles. The number of para-hydroxylation sites is 2. The van der Waals surface area contributed by atoms with Crippen LogP contribution < -0.4 is 5.32 Å². The highest BCUT2D eigenvalue weighted by Gasteiger charge is 2.18. The maximum atomic E-state index is 12.3. The fraction of sp³-hybridized carbons (Fsp3) is 0.579. The summed E-state index contributed by atoms with van der Waals surface area (Å²) in [5.74, 6) is 0.893. The summed E-state index contributed by atoms with van der Waals surface area (Å²) >= 11 is 0. The predicted molar refractivity (Wildman–Crippen MR) is 100 cm³/mol. The molecule has 1 aromatic carbocycles. The molecule has 2 aromatic rings. The smallest absolute Gasteiger partial charge is 0.317 e. The third-order valence-electron chi connectivity index (χ3n) is 5.21. The molecule has 1 aromatic heterocycles. The van der Waals surface area contributed by atoms with Crippen LogP contribution in [0.15, 0.2) is 24.3 Å². The number of benzene rings is 1. The summed E-state index contributed by atoms with van der Waals surface area (Å²) in [6.45, 7) is 5.85. The molecule has 1 aliphatic rings. The molecular formula is C19H29N5O. The van der Waals surface area contributed by atoms with Gasteiger partial charge in [0.2, 0.25) is 0 Å². The molecule has 1 saturated heterocycles. The highest BCUT2D eigenvalue weighted by atomic mass is 16.2. The molecule has 2 heterocycles. The van der Waals surface area contributed by atoms with Gasteiger partial charge in [-0.15, -0.1) is 0 Å². The highest BCUT2D eigenvalue weighted by Crippen LogP contribution is 2.15. The molecule has 1 atom stereocenters. The summed E-state index contributed by atoms with van der Waals surface area (Å²) in [4.78, 5) is 21.2. The molecule has 1 N–H and O–H groups in total. The minimum absolute atomic E-state index is 0.0410. The molecule has 0 unspecified atom stereocenters. The summed E-state index contributed by atoms with van der Waals surface area (Å²) in [5.41, 5.74) is 2.05. The maximum Gasteiger partial charge on any atom is 0.317 e. The van der Waals surface area contributed by atoms with Crippen LogP contribution in [0.4, 0.5) is 4.79 Å². The predicted octanol–water partition coefficient (Wildman–Crippen LogP) is 2.59. The number of carbonyl (C=O) groups excluding carboxylic acids is 1. The number of amides is 2. The van der Waals surface area contributed by atoms with Crippen molar-refractivity contribution in [3.8, 4) is 0 Å². The molecule has 0 bridgehead atoms. The Morgan fingerprint density at radius 1 is 1.32 bits per heavy atom. The van der Waals surface area contributed by atoms with E-state index in [4.69, 9.17) is 0 Å². The van der Waals surface area contributed by atoms with Crippen molar-refractivity contribution in [3.63, 3.8) is 0 Å². The van der Waals surface area contributed by atoms with Gasteiger partial charge in [-0.05, 0) is 51.4 Å². The number of hydrogen-bond donors (Lipinski definition) is 1. The number of hydrogen-bond acceptors (Lipinski definition) is 3. The van der Waals surface area contributed by atoms with Gasteiger partial charge in [0.05, 0.1) is 17.6 Å². The molecule has 2 amide bonds. The highest BCUT2D eigenvalue weighted by molar-refractivity contribution is 5.76. The van der Waals surface area contributed by atoms with Gasteiger partial charge in [-0.2, -0.15) is 0 Å². The van der Waals surface area contributed by atoms with Crippen molar-refractivity contribution in [1.29, 1.82) is 0 Å². The van der Waals surface area contributed by atoms with Crippen LogP contribution in [0.25, 0.3) is 11.0 Å². The molecule has 3 rings (SSSR count). The number of likely N-dealkylation sites (tertiary alicyclic amines) is 1. The van der Waals surface area contributed by atoms with Crippen LogP contribution in [0.2, 0.25) is 0 Å². The number of nitrogens with one attached hydrogen (secondary N) is 1. The minimum atomic E-state index is -0.0410. The summed E-state index contributed by atoms with van der Waals surface area (Å²) in [7, 11) is 3.81. The number of imidazole rings is 1. The van der Waals surface area contributed by atoms with Gasteiger partial charge in [0.15, 0.2) is 0 Å². The van der Waals surface area contributed by atoms with Crippen molar-refractivity contribution in [2.45, 2.75) is 38.8 Å². The Hall–Kier alpha value is -2.08. The Labute approximate surface area is 149 Å². The van der Waals surface area contributed by atoms with Crippen LogP contribution in [0.3, 0.4) is 0 Å². The lowest BCUT2D eigenvalue weighted by atomic mass is 10.2. The second-order valence-corrected chi connectivity index (χ2v) is 7.04. The van der Waals surface area contributed by atoms with E-state index in [1.807, 2.05) is 38.4 Å². The quantitative estimate of drug-likeness (QED) is 0.877. The van der Waals surface area contributed by atoms with E-state index in [0.717, 1.165) is 23.3 Å². The molecule has 25 heavy (non-hydrogen) atoms. The Kier molecular flexibility index (Phi) is 5.58. The number of nitrogens with zero attached hydrogens (tertiary/aromatic N) is 4. The number of rotatable bonds is 6. The first-order valence-corrected chi connectivity index (χ1v) is 9.19. The van der Waals surface area contributed by atoms with Gasteiger partial charge >= 0.3 is 6.03 Å². The van der Waals surface area contributed by atoms with Crippen LogP contribution in [-0.4, -0.2) is 58.1 Å². The van der Waals surface area contributed by atoms with Crippen LogP contribution in [0, 0.1) is 0 Å². The molecule has 6 nitrogen and oxygen atoms in total. The average Bonchev–Trinajstić information content (AvgIpc) is 3.24. The SMILES string of the molecule is C[C@@H](CCNC(=O)N(C)Cc1nc2ccccc2n1C)N1CCCC1. The largest absolute Gasteiger partial charge is 0.338 e. The van der Waals surface area contributed by atoms with E-state index in [1.54, 1.807) is 4.90 Å². The molecule has 0 spiro atoms. The standard InChI is InChI=1S/C19H29N5O/c1-15(24-12-6-7-13-24)10-11-20-19(25)22(2)14-18-21-16-8-4-5-9-17(16)23(18)3/h4-5,8-9,15H,6-7,10-14H2,1-3H3,(H,20,25)/t15-/m0/s1. The van der Waals surface area contributed by atoms with Crippen molar-refractivity contribution < 1.29 is 4.79 Å². The van der Waals surface area contributed by atoms with E-state index in [1.165, 1.54) is 25.9 Å². The average molecular weight is 343 g/mol. The minimum Gasteiger partial charge on any atom is -0.338 e. The van der Waals surface area contributed by atoms with Gasteiger partial charge in [-0.25, -0.2) is 9.78 Å². The number of urea groups is 1. The van der Waals surface area contributed by atoms with Gasteiger partial charge < -0.3 is 19.7 Å². The van der Waals surface area contributed by atoms with Gasteiger partial charge in [0, 0.05) is 26.7 Å². The van der Waals surface area contributed by atoms with E-state index in [0.29, 0.717) is 19.1 Å². The monoisotopic (exact) mass is 343 g/mol. The zero-order chi connectivity index (χ0) is 17.8. The molecule has 0 saturated carbocycles. The summed E-state index contributed by atoms with van der Waals surface area (Å²) in [6, 6.07) is 8.53.